The fraction of sp³-hybridized carbons (Fsp3) is 0.545. The van der Waals surface area contributed by atoms with Crippen molar-refractivity contribution in [3.63, 3.8) is 0 Å². The van der Waals surface area contributed by atoms with Crippen LogP contribution in [0, 0.1) is 12.8 Å². The van der Waals surface area contributed by atoms with Gasteiger partial charge < -0.3 is 15.7 Å². The summed E-state index contributed by atoms with van der Waals surface area (Å²) < 4.78 is 3.94. The largest absolute Gasteiger partial charge is 0.478 e. The van der Waals surface area contributed by atoms with Crippen molar-refractivity contribution >= 4 is 28.4 Å². The molecule has 0 aliphatic heterocycles. The normalized spacial score (nSPS) is 14.5. The van der Waals surface area contributed by atoms with E-state index in [-0.39, 0.29) is 18.0 Å². The van der Waals surface area contributed by atoms with Crippen molar-refractivity contribution < 1.29 is 14.7 Å². The summed E-state index contributed by atoms with van der Waals surface area (Å²) >= 11 is 0.994. The van der Waals surface area contributed by atoms with Gasteiger partial charge in [-0.05, 0) is 43.8 Å². The zero-order valence-electron chi connectivity index (χ0n) is 10.0. The first kappa shape index (κ1) is 13.0. The van der Waals surface area contributed by atoms with Gasteiger partial charge in [-0.1, -0.05) is 0 Å². The molecule has 18 heavy (non-hydrogen) atoms. The SMILES string of the molecule is Cc1nsc(NC(=O)CNCC2CC2)c1C(=O)O. The number of carbonyl (C=O) groups is 2. The van der Waals surface area contributed by atoms with Crippen molar-refractivity contribution in [2.24, 2.45) is 5.92 Å². The number of carboxylic acids is 1. The molecule has 0 bridgehead atoms. The molecule has 98 valence electrons. The molecule has 1 aliphatic carbocycles. The van der Waals surface area contributed by atoms with E-state index >= 15 is 0 Å². The number of amides is 1. The van der Waals surface area contributed by atoms with Crippen LogP contribution in [0.4, 0.5) is 5.00 Å². The van der Waals surface area contributed by atoms with E-state index < -0.39 is 5.97 Å². The summed E-state index contributed by atoms with van der Waals surface area (Å²) in [5, 5.41) is 14.9. The summed E-state index contributed by atoms with van der Waals surface area (Å²) in [5.41, 5.74) is 0.504. The Morgan fingerprint density at radius 2 is 2.22 bits per heavy atom. The molecule has 1 saturated carbocycles. The number of carbonyl (C=O) groups excluding carboxylic acids is 1. The number of carboxylic acid groups (broad SMARTS) is 1. The van der Waals surface area contributed by atoms with E-state index in [0.29, 0.717) is 16.6 Å². The van der Waals surface area contributed by atoms with Gasteiger partial charge in [0.2, 0.25) is 5.91 Å². The van der Waals surface area contributed by atoms with Crippen LogP contribution in [0.15, 0.2) is 0 Å². The Bertz CT molecular complexity index is 468. The molecule has 1 aromatic rings. The highest BCUT2D eigenvalue weighted by molar-refractivity contribution is 7.11. The molecule has 0 spiro atoms. The number of rotatable bonds is 6. The highest BCUT2D eigenvalue weighted by Crippen LogP contribution is 2.27. The van der Waals surface area contributed by atoms with Gasteiger partial charge in [0.05, 0.1) is 12.2 Å². The molecule has 0 aromatic carbocycles. The molecule has 0 radical (unpaired) electrons. The minimum absolute atomic E-state index is 0.0792. The van der Waals surface area contributed by atoms with E-state index in [9.17, 15) is 9.59 Å². The second-order valence-electron chi connectivity index (χ2n) is 4.40. The number of hydrogen-bond donors (Lipinski definition) is 3. The lowest BCUT2D eigenvalue weighted by Gasteiger charge is -2.05. The number of aromatic nitrogens is 1. The monoisotopic (exact) mass is 269 g/mol. The quantitative estimate of drug-likeness (QED) is 0.719. The minimum atomic E-state index is -1.07. The average Bonchev–Trinajstić information content (AvgIpc) is 3.03. The maximum atomic E-state index is 11.6. The van der Waals surface area contributed by atoms with Crippen LogP contribution in [0.3, 0.4) is 0 Å². The van der Waals surface area contributed by atoms with Crippen LogP contribution in [-0.2, 0) is 4.79 Å². The summed E-state index contributed by atoms with van der Waals surface area (Å²) in [5.74, 6) is -0.595. The summed E-state index contributed by atoms with van der Waals surface area (Å²) in [4.78, 5) is 22.6. The smallest absolute Gasteiger partial charge is 0.340 e. The van der Waals surface area contributed by atoms with Crippen LogP contribution in [0.25, 0.3) is 0 Å². The molecule has 2 rings (SSSR count). The van der Waals surface area contributed by atoms with Crippen molar-refractivity contribution in [2.45, 2.75) is 19.8 Å². The zero-order chi connectivity index (χ0) is 13.1. The molecule has 0 atom stereocenters. The number of nitrogens with one attached hydrogen (secondary N) is 2. The lowest BCUT2D eigenvalue weighted by molar-refractivity contribution is -0.115. The molecule has 1 aliphatic rings. The van der Waals surface area contributed by atoms with Crippen LogP contribution >= 0.6 is 11.5 Å². The van der Waals surface area contributed by atoms with Crippen LogP contribution in [-0.4, -0.2) is 34.4 Å². The lowest BCUT2D eigenvalue weighted by Crippen LogP contribution is -2.29. The highest BCUT2D eigenvalue weighted by Gasteiger charge is 2.21. The predicted octanol–water partition coefficient (Wildman–Crippen LogP) is 1.09. The second-order valence-corrected chi connectivity index (χ2v) is 5.17. The van der Waals surface area contributed by atoms with E-state index in [1.54, 1.807) is 6.92 Å². The van der Waals surface area contributed by atoms with Gasteiger partial charge in [-0.3, -0.25) is 4.79 Å². The molecular weight excluding hydrogens is 254 g/mol. The first-order valence-corrected chi connectivity index (χ1v) is 6.55. The van der Waals surface area contributed by atoms with Crippen molar-refractivity contribution in [1.29, 1.82) is 0 Å². The Morgan fingerprint density at radius 1 is 1.50 bits per heavy atom. The molecular formula is C11H15N3O3S. The van der Waals surface area contributed by atoms with Gasteiger partial charge in [-0.25, -0.2) is 4.79 Å². The van der Waals surface area contributed by atoms with E-state index in [4.69, 9.17) is 5.11 Å². The van der Waals surface area contributed by atoms with Gasteiger partial charge in [0.25, 0.3) is 0 Å². The standard InChI is InChI=1S/C11H15N3O3S/c1-6-9(11(16)17)10(18-14-6)13-8(15)5-12-4-7-2-3-7/h7,12H,2-5H2,1H3,(H,13,15)(H,16,17). The van der Waals surface area contributed by atoms with Crippen LogP contribution in [0.5, 0.6) is 0 Å². The Kier molecular flexibility index (Phi) is 3.93. The van der Waals surface area contributed by atoms with E-state index in [0.717, 1.165) is 18.1 Å². The summed E-state index contributed by atoms with van der Waals surface area (Å²) in [6, 6.07) is 0. The first-order valence-electron chi connectivity index (χ1n) is 5.78. The van der Waals surface area contributed by atoms with E-state index in [1.165, 1.54) is 12.8 Å². The third kappa shape index (κ3) is 3.27. The van der Waals surface area contributed by atoms with Gasteiger partial charge in [-0.2, -0.15) is 4.37 Å². The summed E-state index contributed by atoms with van der Waals surface area (Å²) in [7, 11) is 0. The Labute approximate surface area is 109 Å². The fourth-order valence-corrected chi connectivity index (χ4v) is 2.39. The van der Waals surface area contributed by atoms with Crippen molar-refractivity contribution in [2.75, 3.05) is 18.4 Å². The van der Waals surface area contributed by atoms with Crippen molar-refractivity contribution in [3.05, 3.63) is 11.3 Å². The van der Waals surface area contributed by atoms with Crippen LogP contribution < -0.4 is 10.6 Å². The van der Waals surface area contributed by atoms with Gasteiger partial charge in [0.15, 0.2) is 0 Å². The number of aryl methyl sites for hydroxylation is 1. The maximum Gasteiger partial charge on any atom is 0.340 e. The highest BCUT2D eigenvalue weighted by atomic mass is 32.1. The zero-order valence-corrected chi connectivity index (χ0v) is 10.8. The molecule has 1 aromatic heterocycles. The molecule has 6 nitrogen and oxygen atoms in total. The molecule has 1 heterocycles. The Hall–Kier alpha value is -1.47. The average molecular weight is 269 g/mol. The second kappa shape index (κ2) is 5.45. The number of nitrogens with zero attached hydrogens (tertiary/aromatic N) is 1. The van der Waals surface area contributed by atoms with E-state index in [1.807, 2.05) is 0 Å². The molecule has 1 amide bonds. The summed E-state index contributed by atoms with van der Waals surface area (Å²) in [6.45, 7) is 2.66. The predicted molar refractivity (Wildman–Crippen MR) is 68.0 cm³/mol. The lowest BCUT2D eigenvalue weighted by atomic mass is 10.2. The van der Waals surface area contributed by atoms with Crippen LogP contribution in [0.2, 0.25) is 0 Å². The summed E-state index contributed by atoms with van der Waals surface area (Å²) in [6.07, 6.45) is 2.46. The third-order valence-electron chi connectivity index (χ3n) is 2.75. The molecule has 1 fully saturated rings. The Morgan fingerprint density at radius 3 is 2.83 bits per heavy atom. The first-order chi connectivity index (χ1) is 8.58. The van der Waals surface area contributed by atoms with Gasteiger partial charge in [0.1, 0.15) is 10.6 Å². The third-order valence-corrected chi connectivity index (χ3v) is 3.60. The number of anilines is 1. The van der Waals surface area contributed by atoms with Crippen molar-refractivity contribution in [3.8, 4) is 0 Å². The molecule has 0 saturated heterocycles. The van der Waals surface area contributed by atoms with Crippen molar-refractivity contribution in [1.82, 2.24) is 9.69 Å². The number of hydrogen-bond acceptors (Lipinski definition) is 5. The topological polar surface area (TPSA) is 91.3 Å². The Balaban J connectivity index is 1.87. The van der Waals surface area contributed by atoms with Crippen LogP contribution in [0.1, 0.15) is 28.9 Å². The number of aromatic carboxylic acids is 1. The van der Waals surface area contributed by atoms with Gasteiger partial charge in [-0.15, -0.1) is 0 Å². The molecule has 3 N–H and O–H groups in total. The van der Waals surface area contributed by atoms with Gasteiger partial charge in [0, 0.05) is 0 Å². The van der Waals surface area contributed by atoms with E-state index in [2.05, 4.69) is 15.0 Å². The van der Waals surface area contributed by atoms with Gasteiger partial charge >= 0.3 is 5.97 Å². The fourth-order valence-electron chi connectivity index (χ4n) is 1.59. The molecule has 7 heteroatoms. The minimum Gasteiger partial charge on any atom is -0.478 e. The maximum absolute atomic E-state index is 11.6. The molecule has 0 unspecified atom stereocenters.